The predicted molar refractivity (Wildman–Crippen MR) is 79.8 cm³/mol. The number of carbonyl (C=O) groups is 2. The van der Waals surface area contributed by atoms with Crippen LogP contribution in [0.1, 0.15) is 42.5 Å². The molecule has 0 unspecified atom stereocenters. The first-order chi connectivity index (χ1) is 10.2. The minimum Gasteiger partial charge on any atom is -0.394 e. The molecule has 1 aliphatic rings. The Hall–Kier alpha value is -1.88. The van der Waals surface area contributed by atoms with E-state index in [9.17, 15) is 14.7 Å². The topological polar surface area (TPSA) is 78.4 Å². The highest BCUT2D eigenvalue weighted by molar-refractivity contribution is 5.97. The van der Waals surface area contributed by atoms with E-state index in [0.29, 0.717) is 5.56 Å². The lowest BCUT2D eigenvalue weighted by Crippen LogP contribution is -2.51. The Morgan fingerprint density at radius 2 is 1.81 bits per heavy atom. The summed E-state index contributed by atoms with van der Waals surface area (Å²) in [5.74, 6) is -0.665. The standard InChI is InChI=1S/C16H22N2O3/c19-11-14(16(21)17-13-9-5-2-6-10-13)18-15(20)12-7-3-1-4-8-12/h1,3-4,7-8,13-14,19H,2,5-6,9-11H2,(H,17,21)(H,18,20)/t14-/m0/s1. The molecule has 1 saturated carbocycles. The van der Waals surface area contributed by atoms with Gasteiger partial charge in [0, 0.05) is 11.6 Å². The van der Waals surface area contributed by atoms with E-state index >= 15 is 0 Å². The van der Waals surface area contributed by atoms with Crippen molar-refractivity contribution in [2.45, 2.75) is 44.2 Å². The smallest absolute Gasteiger partial charge is 0.251 e. The average molecular weight is 290 g/mol. The van der Waals surface area contributed by atoms with Crippen LogP contribution < -0.4 is 10.6 Å². The summed E-state index contributed by atoms with van der Waals surface area (Å²) in [7, 11) is 0. The van der Waals surface area contributed by atoms with Crippen LogP contribution in [0.3, 0.4) is 0 Å². The van der Waals surface area contributed by atoms with Crippen LogP contribution in [0.15, 0.2) is 30.3 Å². The summed E-state index contributed by atoms with van der Waals surface area (Å²) in [6.07, 6.45) is 5.38. The Morgan fingerprint density at radius 1 is 1.14 bits per heavy atom. The number of aliphatic hydroxyl groups excluding tert-OH is 1. The zero-order chi connectivity index (χ0) is 15.1. The highest BCUT2D eigenvalue weighted by Gasteiger charge is 2.23. The maximum Gasteiger partial charge on any atom is 0.251 e. The molecule has 0 saturated heterocycles. The fourth-order valence-corrected chi connectivity index (χ4v) is 2.57. The van der Waals surface area contributed by atoms with Gasteiger partial charge >= 0.3 is 0 Å². The number of benzene rings is 1. The first-order valence-electron chi connectivity index (χ1n) is 7.48. The maximum absolute atomic E-state index is 12.1. The molecule has 1 aromatic carbocycles. The van der Waals surface area contributed by atoms with Crippen molar-refractivity contribution in [3.05, 3.63) is 35.9 Å². The van der Waals surface area contributed by atoms with Crippen molar-refractivity contribution in [1.29, 1.82) is 0 Å². The summed E-state index contributed by atoms with van der Waals surface area (Å²) in [6, 6.07) is 7.92. The monoisotopic (exact) mass is 290 g/mol. The zero-order valence-electron chi connectivity index (χ0n) is 12.0. The van der Waals surface area contributed by atoms with E-state index in [1.165, 1.54) is 6.42 Å². The van der Waals surface area contributed by atoms with Gasteiger partial charge in [-0.2, -0.15) is 0 Å². The van der Waals surface area contributed by atoms with Gasteiger partial charge in [0.1, 0.15) is 6.04 Å². The number of hydrogen-bond donors (Lipinski definition) is 3. The Morgan fingerprint density at radius 3 is 2.43 bits per heavy atom. The molecule has 1 aliphatic carbocycles. The minimum absolute atomic E-state index is 0.161. The van der Waals surface area contributed by atoms with Crippen LogP contribution >= 0.6 is 0 Å². The van der Waals surface area contributed by atoms with Crippen molar-refractivity contribution in [3.63, 3.8) is 0 Å². The lowest BCUT2D eigenvalue weighted by atomic mass is 9.95. The Labute approximate surface area is 124 Å². The molecule has 2 amide bonds. The zero-order valence-corrected chi connectivity index (χ0v) is 12.0. The van der Waals surface area contributed by atoms with Crippen molar-refractivity contribution in [3.8, 4) is 0 Å². The van der Waals surface area contributed by atoms with Gasteiger partial charge in [0.2, 0.25) is 5.91 Å². The molecule has 3 N–H and O–H groups in total. The summed E-state index contributed by atoms with van der Waals surface area (Å²) in [6.45, 7) is -0.406. The lowest BCUT2D eigenvalue weighted by Gasteiger charge is -2.25. The molecule has 0 aliphatic heterocycles. The van der Waals surface area contributed by atoms with Crippen molar-refractivity contribution < 1.29 is 14.7 Å². The Bertz CT molecular complexity index is 470. The van der Waals surface area contributed by atoms with E-state index in [1.807, 2.05) is 6.07 Å². The summed E-state index contributed by atoms with van der Waals surface area (Å²) in [4.78, 5) is 24.1. The van der Waals surface area contributed by atoms with E-state index in [2.05, 4.69) is 10.6 Å². The molecule has 2 rings (SSSR count). The van der Waals surface area contributed by atoms with E-state index in [0.717, 1.165) is 25.7 Å². The summed E-state index contributed by atoms with van der Waals surface area (Å²) in [5.41, 5.74) is 0.474. The van der Waals surface area contributed by atoms with Gasteiger partial charge in [0.05, 0.1) is 6.61 Å². The van der Waals surface area contributed by atoms with Crippen molar-refractivity contribution in [2.24, 2.45) is 0 Å². The first-order valence-corrected chi connectivity index (χ1v) is 7.48. The Kier molecular flexibility index (Phi) is 5.75. The minimum atomic E-state index is -0.903. The molecule has 0 heterocycles. The highest BCUT2D eigenvalue weighted by Crippen LogP contribution is 2.17. The van der Waals surface area contributed by atoms with Crippen LogP contribution in [-0.4, -0.2) is 35.6 Å². The second-order valence-corrected chi connectivity index (χ2v) is 5.42. The third kappa shape index (κ3) is 4.56. The van der Waals surface area contributed by atoms with Gasteiger partial charge in [-0.05, 0) is 25.0 Å². The number of carbonyl (C=O) groups excluding carboxylic acids is 2. The molecular weight excluding hydrogens is 268 g/mol. The Balaban J connectivity index is 1.89. The van der Waals surface area contributed by atoms with Gasteiger partial charge in [-0.25, -0.2) is 0 Å². The molecule has 1 atom stereocenters. The van der Waals surface area contributed by atoms with Gasteiger partial charge in [-0.3, -0.25) is 9.59 Å². The second kappa shape index (κ2) is 7.78. The van der Waals surface area contributed by atoms with Crippen molar-refractivity contribution in [2.75, 3.05) is 6.61 Å². The molecule has 0 bridgehead atoms. The van der Waals surface area contributed by atoms with Crippen LogP contribution in [0.2, 0.25) is 0 Å². The van der Waals surface area contributed by atoms with Crippen LogP contribution in [0.5, 0.6) is 0 Å². The van der Waals surface area contributed by atoms with E-state index < -0.39 is 12.6 Å². The van der Waals surface area contributed by atoms with E-state index in [4.69, 9.17) is 0 Å². The van der Waals surface area contributed by atoms with Crippen LogP contribution in [-0.2, 0) is 4.79 Å². The first kappa shape index (κ1) is 15.5. The second-order valence-electron chi connectivity index (χ2n) is 5.42. The summed E-state index contributed by atoms with van der Waals surface area (Å²) >= 11 is 0. The van der Waals surface area contributed by atoms with Crippen LogP contribution in [0.4, 0.5) is 0 Å². The van der Waals surface area contributed by atoms with E-state index in [-0.39, 0.29) is 17.9 Å². The van der Waals surface area contributed by atoms with Gasteiger partial charge in [-0.15, -0.1) is 0 Å². The number of aliphatic hydroxyl groups is 1. The average Bonchev–Trinajstić information content (AvgIpc) is 2.54. The molecular formula is C16H22N2O3. The third-order valence-electron chi connectivity index (χ3n) is 3.79. The van der Waals surface area contributed by atoms with Crippen molar-refractivity contribution in [1.82, 2.24) is 10.6 Å². The number of amides is 2. The highest BCUT2D eigenvalue weighted by atomic mass is 16.3. The van der Waals surface area contributed by atoms with Gasteiger partial charge in [0.25, 0.3) is 5.91 Å². The summed E-state index contributed by atoms with van der Waals surface area (Å²) in [5, 5.41) is 14.8. The molecule has 0 radical (unpaired) electrons. The lowest BCUT2D eigenvalue weighted by molar-refractivity contribution is -0.124. The number of rotatable bonds is 5. The largest absolute Gasteiger partial charge is 0.394 e. The molecule has 1 aromatic rings. The summed E-state index contributed by atoms with van der Waals surface area (Å²) < 4.78 is 0. The normalized spacial score (nSPS) is 17.0. The van der Waals surface area contributed by atoms with Gasteiger partial charge in [0.15, 0.2) is 0 Å². The van der Waals surface area contributed by atoms with E-state index in [1.54, 1.807) is 24.3 Å². The molecule has 0 spiro atoms. The predicted octanol–water partition coefficient (Wildman–Crippen LogP) is 1.23. The SMILES string of the molecule is O=C(N[C@@H](CO)C(=O)NC1CCCCC1)c1ccccc1. The van der Waals surface area contributed by atoms with Crippen molar-refractivity contribution >= 4 is 11.8 Å². The van der Waals surface area contributed by atoms with Gasteiger partial charge < -0.3 is 15.7 Å². The molecule has 21 heavy (non-hydrogen) atoms. The molecule has 0 aromatic heterocycles. The number of hydrogen-bond acceptors (Lipinski definition) is 3. The van der Waals surface area contributed by atoms with Gasteiger partial charge in [-0.1, -0.05) is 37.5 Å². The molecule has 5 heteroatoms. The fourth-order valence-electron chi connectivity index (χ4n) is 2.57. The number of nitrogens with one attached hydrogen (secondary N) is 2. The molecule has 1 fully saturated rings. The van der Waals surface area contributed by atoms with Crippen LogP contribution in [0, 0.1) is 0 Å². The quantitative estimate of drug-likeness (QED) is 0.763. The maximum atomic E-state index is 12.1. The third-order valence-corrected chi connectivity index (χ3v) is 3.79. The molecule has 5 nitrogen and oxygen atoms in total. The molecule has 114 valence electrons. The fraction of sp³-hybridized carbons (Fsp3) is 0.500. The van der Waals surface area contributed by atoms with Crippen LogP contribution in [0.25, 0.3) is 0 Å².